The van der Waals surface area contributed by atoms with Crippen LogP contribution in [0.4, 0.5) is 4.39 Å². The molecule has 0 radical (unpaired) electrons. The highest BCUT2D eigenvalue weighted by Gasteiger charge is 2.20. The van der Waals surface area contributed by atoms with E-state index in [0.29, 0.717) is 10.0 Å². The highest BCUT2D eigenvalue weighted by atomic mass is 79.9. The van der Waals surface area contributed by atoms with Crippen molar-refractivity contribution in [3.05, 3.63) is 62.9 Å². The van der Waals surface area contributed by atoms with Gasteiger partial charge in [0.15, 0.2) is 0 Å². The number of methoxy groups -OCH3 is 1. The van der Waals surface area contributed by atoms with Crippen LogP contribution in [-0.4, -0.2) is 7.11 Å². The van der Waals surface area contributed by atoms with Gasteiger partial charge in [-0.05, 0) is 47.0 Å². The van der Waals surface area contributed by atoms with E-state index < -0.39 is 6.04 Å². The first kappa shape index (κ1) is 15.0. The molecule has 20 heavy (non-hydrogen) atoms. The van der Waals surface area contributed by atoms with Gasteiger partial charge < -0.3 is 10.5 Å². The normalized spacial score (nSPS) is 12.3. The van der Waals surface area contributed by atoms with Crippen molar-refractivity contribution in [2.24, 2.45) is 5.73 Å². The molecule has 2 N–H and O–H groups in total. The summed E-state index contributed by atoms with van der Waals surface area (Å²) in [5.41, 5.74) is 9.61. The summed E-state index contributed by atoms with van der Waals surface area (Å²) < 4.78 is 20.1. The number of hydrogen-bond acceptors (Lipinski definition) is 2. The van der Waals surface area contributed by atoms with Crippen LogP contribution < -0.4 is 10.5 Å². The molecular weight excluding hydrogens is 321 g/mol. The van der Waals surface area contributed by atoms with Gasteiger partial charge in [0.1, 0.15) is 11.6 Å². The molecule has 1 unspecified atom stereocenters. The van der Waals surface area contributed by atoms with Gasteiger partial charge in [0.05, 0.1) is 17.6 Å². The van der Waals surface area contributed by atoms with Crippen molar-refractivity contribution in [1.29, 1.82) is 0 Å². The number of benzene rings is 2. The number of hydrogen-bond donors (Lipinski definition) is 1. The van der Waals surface area contributed by atoms with Crippen molar-refractivity contribution in [2.75, 3.05) is 7.11 Å². The van der Waals surface area contributed by atoms with E-state index in [9.17, 15) is 4.39 Å². The van der Waals surface area contributed by atoms with E-state index in [4.69, 9.17) is 10.5 Å². The Balaban J connectivity index is 2.56. The van der Waals surface area contributed by atoms with Crippen LogP contribution in [0.2, 0.25) is 0 Å². The fourth-order valence-corrected chi connectivity index (χ4v) is 2.64. The summed E-state index contributed by atoms with van der Waals surface area (Å²) in [7, 11) is 1.61. The first-order valence-corrected chi connectivity index (χ1v) is 7.10. The summed E-state index contributed by atoms with van der Waals surface area (Å²) in [5.74, 6) is 0.386. The van der Waals surface area contributed by atoms with Crippen molar-refractivity contribution < 1.29 is 9.13 Å². The standard InChI is InChI=1S/C16H17BrFNO/c1-9-7-8-12(16(20-3)10(9)2)15(19)11-5-4-6-13(17)14(11)18/h4-8,15H,19H2,1-3H3. The molecule has 0 saturated heterocycles. The zero-order valence-electron chi connectivity index (χ0n) is 11.7. The first-order valence-electron chi connectivity index (χ1n) is 6.31. The molecule has 0 aromatic heterocycles. The van der Waals surface area contributed by atoms with E-state index in [1.54, 1.807) is 25.3 Å². The lowest BCUT2D eigenvalue weighted by atomic mass is 9.94. The number of rotatable bonds is 3. The third kappa shape index (κ3) is 2.58. The molecule has 0 aliphatic heterocycles. The monoisotopic (exact) mass is 337 g/mol. The highest BCUT2D eigenvalue weighted by Crippen LogP contribution is 2.34. The van der Waals surface area contributed by atoms with E-state index in [-0.39, 0.29) is 5.82 Å². The molecule has 1 atom stereocenters. The van der Waals surface area contributed by atoms with Gasteiger partial charge in [0, 0.05) is 11.1 Å². The Morgan fingerprint density at radius 2 is 1.85 bits per heavy atom. The van der Waals surface area contributed by atoms with E-state index in [2.05, 4.69) is 15.9 Å². The molecule has 2 aromatic carbocycles. The minimum Gasteiger partial charge on any atom is -0.496 e. The van der Waals surface area contributed by atoms with Crippen LogP contribution in [0.1, 0.15) is 28.3 Å². The van der Waals surface area contributed by atoms with Gasteiger partial charge in [-0.25, -0.2) is 4.39 Å². The van der Waals surface area contributed by atoms with E-state index in [0.717, 1.165) is 22.4 Å². The average Bonchev–Trinajstić information content (AvgIpc) is 2.44. The van der Waals surface area contributed by atoms with Gasteiger partial charge in [-0.3, -0.25) is 0 Å². The van der Waals surface area contributed by atoms with Gasteiger partial charge in [0.25, 0.3) is 0 Å². The summed E-state index contributed by atoms with van der Waals surface area (Å²) >= 11 is 3.19. The SMILES string of the molecule is COc1c(C(N)c2cccc(Br)c2F)ccc(C)c1C. The van der Waals surface area contributed by atoms with Gasteiger partial charge in [0.2, 0.25) is 0 Å². The Morgan fingerprint density at radius 3 is 2.50 bits per heavy atom. The van der Waals surface area contributed by atoms with E-state index in [1.807, 2.05) is 26.0 Å². The third-order valence-electron chi connectivity index (χ3n) is 3.56. The number of ether oxygens (including phenoxy) is 1. The Morgan fingerprint density at radius 1 is 1.15 bits per heavy atom. The molecule has 0 aliphatic carbocycles. The van der Waals surface area contributed by atoms with Crippen LogP contribution in [0.3, 0.4) is 0 Å². The second kappa shape index (κ2) is 5.94. The van der Waals surface area contributed by atoms with Gasteiger partial charge in [-0.1, -0.05) is 24.3 Å². The molecule has 0 heterocycles. The molecule has 2 nitrogen and oxygen atoms in total. The van der Waals surface area contributed by atoms with Crippen LogP contribution in [0.25, 0.3) is 0 Å². The number of nitrogens with two attached hydrogens (primary N) is 1. The molecule has 0 aliphatic rings. The zero-order chi connectivity index (χ0) is 14.9. The minimum atomic E-state index is -0.568. The first-order chi connectivity index (χ1) is 9.47. The van der Waals surface area contributed by atoms with Crippen LogP contribution in [-0.2, 0) is 0 Å². The van der Waals surface area contributed by atoms with Crippen molar-refractivity contribution in [1.82, 2.24) is 0 Å². The van der Waals surface area contributed by atoms with Crippen LogP contribution in [0, 0.1) is 19.7 Å². The predicted octanol–water partition coefficient (Wildman–Crippen LogP) is 4.26. The van der Waals surface area contributed by atoms with Crippen molar-refractivity contribution >= 4 is 15.9 Å². The van der Waals surface area contributed by atoms with Crippen LogP contribution in [0.15, 0.2) is 34.8 Å². The van der Waals surface area contributed by atoms with Gasteiger partial charge in [-0.15, -0.1) is 0 Å². The third-order valence-corrected chi connectivity index (χ3v) is 4.18. The quantitative estimate of drug-likeness (QED) is 0.907. The molecule has 2 rings (SSSR count). The second-order valence-electron chi connectivity index (χ2n) is 4.75. The lowest BCUT2D eigenvalue weighted by Crippen LogP contribution is -2.15. The van der Waals surface area contributed by atoms with Gasteiger partial charge in [-0.2, -0.15) is 0 Å². The Kier molecular flexibility index (Phi) is 4.45. The molecule has 0 saturated carbocycles. The molecule has 4 heteroatoms. The fraction of sp³-hybridized carbons (Fsp3) is 0.250. The minimum absolute atomic E-state index is 0.333. The second-order valence-corrected chi connectivity index (χ2v) is 5.60. The summed E-state index contributed by atoms with van der Waals surface area (Å²) in [5, 5.41) is 0. The van der Waals surface area contributed by atoms with Crippen molar-refractivity contribution in [3.63, 3.8) is 0 Å². The lowest BCUT2D eigenvalue weighted by Gasteiger charge is -2.19. The Bertz CT molecular complexity index is 643. The lowest BCUT2D eigenvalue weighted by molar-refractivity contribution is 0.404. The fourth-order valence-electron chi connectivity index (χ4n) is 2.26. The Labute approximate surface area is 126 Å². The van der Waals surface area contributed by atoms with E-state index in [1.165, 1.54) is 0 Å². The highest BCUT2D eigenvalue weighted by molar-refractivity contribution is 9.10. The summed E-state index contributed by atoms with van der Waals surface area (Å²) in [6, 6.07) is 8.43. The summed E-state index contributed by atoms with van der Waals surface area (Å²) in [6.45, 7) is 3.98. The number of aryl methyl sites for hydroxylation is 1. The maximum absolute atomic E-state index is 14.2. The molecule has 0 bridgehead atoms. The molecular formula is C16H17BrFNO. The largest absolute Gasteiger partial charge is 0.496 e. The van der Waals surface area contributed by atoms with Gasteiger partial charge >= 0.3 is 0 Å². The number of halogens is 2. The maximum Gasteiger partial charge on any atom is 0.142 e. The topological polar surface area (TPSA) is 35.2 Å². The van der Waals surface area contributed by atoms with Crippen molar-refractivity contribution in [3.8, 4) is 5.75 Å². The zero-order valence-corrected chi connectivity index (χ0v) is 13.3. The average molecular weight is 338 g/mol. The summed E-state index contributed by atoms with van der Waals surface area (Å²) in [6.07, 6.45) is 0. The van der Waals surface area contributed by atoms with Crippen LogP contribution in [0.5, 0.6) is 5.75 Å². The van der Waals surface area contributed by atoms with E-state index >= 15 is 0 Å². The van der Waals surface area contributed by atoms with Crippen molar-refractivity contribution in [2.45, 2.75) is 19.9 Å². The molecule has 0 fully saturated rings. The van der Waals surface area contributed by atoms with Crippen LogP contribution >= 0.6 is 15.9 Å². The molecule has 0 spiro atoms. The Hall–Kier alpha value is -1.39. The molecule has 0 amide bonds. The molecule has 2 aromatic rings. The maximum atomic E-state index is 14.2. The summed E-state index contributed by atoms with van der Waals surface area (Å²) in [4.78, 5) is 0. The smallest absolute Gasteiger partial charge is 0.142 e. The predicted molar refractivity (Wildman–Crippen MR) is 82.6 cm³/mol. The molecule has 106 valence electrons.